The van der Waals surface area contributed by atoms with Gasteiger partial charge in [-0.05, 0) is 105 Å². The highest BCUT2D eigenvalue weighted by molar-refractivity contribution is 8.18. The number of thioether (sulfide) groups is 1. The zero-order valence-corrected chi connectivity index (χ0v) is 20.2. The molecule has 3 aromatic rings. The number of amides is 1. The first-order valence-electron chi connectivity index (χ1n) is 10.6. The number of anilines is 1. The first-order valence-corrected chi connectivity index (χ1v) is 11.4. The van der Waals surface area contributed by atoms with Crippen molar-refractivity contribution in [1.29, 1.82) is 0 Å². The molecule has 0 unspecified atom stereocenters. The third-order valence-electron chi connectivity index (χ3n) is 5.47. The fourth-order valence-corrected chi connectivity index (χ4v) is 4.82. The summed E-state index contributed by atoms with van der Waals surface area (Å²) in [4.78, 5) is 20.0. The fraction of sp³-hybridized carbons (Fsp3) is 0.231. The average Bonchev–Trinajstić information content (AvgIpc) is 3.19. The number of nitrogens with zero attached hydrogens (tertiary/aromatic N) is 3. The molecule has 0 saturated carbocycles. The number of carbonyl (C=O) groups excluding carboxylic acids is 1. The predicted octanol–water partition coefficient (Wildman–Crippen LogP) is 5.67. The summed E-state index contributed by atoms with van der Waals surface area (Å²) in [6.07, 6.45) is 1.96. The van der Waals surface area contributed by atoms with Crippen LogP contribution < -0.4 is 10.2 Å². The van der Waals surface area contributed by atoms with E-state index in [1.54, 1.807) is 0 Å². The van der Waals surface area contributed by atoms with Gasteiger partial charge in [-0.2, -0.15) is 0 Å². The number of aryl methyl sites for hydroxylation is 3. The molecule has 0 radical (unpaired) electrons. The van der Waals surface area contributed by atoms with E-state index >= 15 is 0 Å². The number of benzene rings is 2. The Kier molecular flexibility index (Phi) is 5.98. The quantitative estimate of drug-likeness (QED) is 0.528. The molecule has 1 fully saturated rings. The molecule has 1 aliphatic heterocycles. The van der Waals surface area contributed by atoms with E-state index in [2.05, 4.69) is 70.0 Å². The third-order valence-corrected chi connectivity index (χ3v) is 6.38. The van der Waals surface area contributed by atoms with E-state index in [1.807, 2.05) is 46.2 Å². The second-order valence-electron chi connectivity index (χ2n) is 8.40. The minimum atomic E-state index is -0.113. The molecule has 0 spiro atoms. The largest absolute Gasteiger partial charge is 0.378 e. The Balaban J connectivity index is 1.62. The first-order chi connectivity index (χ1) is 15.2. The summed E-state index contributed by atoms with van der Waals surface area (Å²) in [6.45, 7) is 8.27. The second-order valence-corrected chi connectivity index (χ2v) is 9.43. The second kappa shape index (κ2) is 8.71. The molecule has 2 aromatic carbocycles. The van der Waals surface area contributed by atoms with Gasteiger partial charge in [0, 0.05) is 36.9 Å². The number of hydrogen-bond donors (Lipinski definition) is 1. The SMILES string of the molecule is Cc1cc(C)cc(N=C2NC(=O)/C(=C\c3cc(C)n(-c4ccc(N(C)C)cc4)c3C)S2)c1. The lowest BCUT2D eigenvalue weighted by molar-refractivity contribution is -0.115. The highest BCUT2D eigenvalue weighted by atomic mass is 32.2. The van der Waals surface area contributed by atoms with Crippen molar-refractivity contribution in [1.82, 2.24) is 9.88 Å². The number of carbonyl (C=O) groups is 1. The summed E-state index contributed by atoms with van der Waals surface area (Å²) in [5.41, 5.74) is 8.68. The van der Waals surface area contributed by atoms with Gasteiger partial charge in [-0.1, -0.05) is 6.07 Å². The fourth-order valence-electron chi connectivity index (χ4n) is 3.99. The Morgan fingerprint density at radius 2 is 1.62 bits per heavy atom. The van der Waals surface area contributed by atoms with Crippen LogP contribution in [0.25, 0.3) is 11.8 Å². The molecule has 0 atom stereocenters. The van der Waals surface area contributed by atoms with Crippen molar-refractivity contribution in [2.24, 2.45) is 4.99 Å². The Hall–Kier alpha value is -3.25. The van der Waals surface area contributed by atoms with E-state index in [9.17, 15) is 4.79 Å². The van der Waals surface area contributed by atoms with Gasteiger partial charge >= 0.3 is 0 Å². The average molecular weight is 445 g/mol. The lowest BCUT2D eigenvalue weighted by Gasteiger charge is -2.14. The molecule has 6 heteroatoms. The molecule has 1 aromatic heterocycles. The molecule has 4 rings (SSSR count). The van der Waals surface area contributed by atoms with E-state index in [4.69, 9.17) is 0 Å². The molecular formula is C26H28N4OS. The number of hydrogen-bond acceptors (Lipinski definition) is 4. The van der Waals surface area contributed by atoms with Gasteiger partial charge in [0.1, 0.15) is 0 Å². The van der Waals surface area contributed by atoms with E-state index in [1.165, 1.54) is 11.8 Å². The van der Waals surface area contributed by atoms with Crippen molar-refractivity contribution in [3.05, 3.63) is 81.5 Å². The Morgan fingerprint density at radius 1 is 0.969 bits per heavy atom. The van der Waals surface area contributed by atoms with E-state index in [0.717, 1.165) is 45.1 Å². The highest BCUT2D eigenvalue weighted by Gasteiger charge is 2.24. The van der Waals surface area contributed by atoms with Crippen LogP contribution in [0.5, 0.6) is 0 Å². The molecule has 1 amide bonds. The van der Waals surface area contributed by atoms with Gasteiger partial charge in [-0.25, -0.2) is 4.99 Å². The van der Waals surface area contributed by atoms with Gasteiger partial charge < -0.3 is 14.8 Å². The van der Waals surface area contributed by atoms with E-state index < -0.39 is 0 Å². The van der Waals surface area contributed by atoms with Crippen molar-refractivity contribution in [3.63, 3.8) is 0 Å². The van der Waals surface area contributed by atoms with Gasteiger partial charge in [-0.15, -0.1) is 0 Å². The summed E-state index contributed by atoms with van der Waals surface area (Å²) < 4.78 is 2.22. The van der Waals surface area contributed by atoms with Crippen molar-refractivity contribution in [2.45, 2.75) is 27.7 Å². The number of aromatic nitrogens is 1. The smallest absolute Gasteiger partial charge is 0.264 e. The monoisotopic (exact) mass is 444 g/mol. The van der Waals surface area contributed by atoms with E-state index in [0.29, 0.717) is 10.1 Å². The maximum Gasteiger partial charge on any atom is 0.264 e. The van der Waals surface area contributed by atoms with Crippen LogP contribution in [0.15, 0.2) is 58.4 Å². The number of rotatable bonds is 4. The zero-order chi connectivity index (χ0) is 23.0. The molecule has 2 heterocycles. The van der Waals surface area contributed by atoms with E-state index in [-0.39, 0.29) is 5.91 Å². The van der Waals surface area contributed by atoms with Crippen LogP contribution in [0.3, 0.4) is 0 Å². The number of aliphatic imine (C=N–C) groups is 1. The maximum absolute atomic E-state index is 12.6. The maximum atomic E-state index is 12.6. The Bertz CT molecular complexity index is 1230. The molecule has 1 saturated heterocycles. The number of amidine groups is 1. The van der Waals surface area contributed by atoms with Crippen LogP contribution in [0.4, 0.5) is 11.4 Å². The van der Waals surface area contributed by atoms with Crippen molar-refractivity contribution in [3.8, 4) is 5.69 Å². The van der Waals surface area contributed by atoms with Gasteiger partial charge in [0.15, 0.2) is 5.17 Å². The lowest BCUT2D eigenvalue weighted by Crippen LogP contribution is -2.19. The molecule has 164 valence electrons. The molecule has 0 bridgehead atoms. The van der Waals surface area contributed by atoms with Crippen LogP contribution in [-0.4, -0.2) is 29.7 Å². The van der Waals surface area contributed by atoms with Crippen molar-refractivity contribution in [2.75, 3.05) is 19.0 Å². The molecule has 1 aliphatic rings. The van der Waals surface area contributed by atoms with Gasteiger partial charge in [0.25, 0.3) is 5.91 Å². The molecule has 5 nitrogen and oxygen atoms in total. The predicted molar refractivity (Wildman–Crippen MR) is 136 cm³/mol. The normalized spacial score (nSPS) is 16.1. The standard InChI is InChI=1S/C26H28N4OS/c1-16-11-17(2)13-21(12-16)27-26-28-25(31)24(32-26)15-20-14-18(3)30(19(20)4)23-9-7-22(8-10-23)29(5)6/h7-15H,1-6H3,(H,27,28,31)/b24-15+. The van der Waals surface area contributed by atoms with Gasteiger partial charge in [0.05, 0.1) is 10.6 Å². The third kappa shape index (κ3) is 4.50. The minimum Gasteiger partial charge on any atom is -0.378 e. The van der Waals surface area contributed by atoms with Crippen molar-refractivity contribution >= 4 is 40.3 Å². The van der Waals surface area contributed by atoms with Crippen molar-refractivity contribution < 1.29 is 4.79 Å². The zero-order valence-electron chi connectivity index (χ0n) is 19.4. The van der Waals surface area contributed by atoms with Crippen LogP contribution in [0, 0.1) is 27.7 Å². The Labute approximate surface area is 193 Å². The summed E-state index contributed by atoms with van der Waals surface area (Å²) in [5, 5.41) is 3.51. The van der Waals surface area contributed by atoms with Crippen LogP contribution in [0.2, 0.25) is 0 Å². The topological polar surface area (TPSA) is 49.6 Å². The first kappa shape index (κ1) is 22.0. The molecular weight excluding hydrogens is 416 g/mol. The minimum absolute atomic E-state index is 0.113. The van der Waals surface area contributed by atoms with Gasteiger partial charge in [0.2, 0.25) is 0 Å². The summed E-state index contributed by atoms with van der Waals surface area (Å²) in [5.74, 6) is -0.113. The Morgan fingerprint density at radius 3 is 2.25 bits per heavy atom. The van der Waals surface area contributed by atoms with Crippen LogP contribution in [0.1, 0.15) is 28.1 Å². The van der Waals surface area contributed by atoms with Gasteiger partial charge in [-0.3, -0.25) is 4.79 Å². The molecule has 32 heavy (non-hydrogen) atoms. The van der Waals surface area contributed by atoms with Crippen LogP contribution in [-0.2, 0) is 4.79 Å². The summed E-state index contributed by atoms with van der Waals surface area (Å²) in [6, 6.07) is 16.7. The lowest BCUT2D eigenvalue weighted by atomic mass is 10.1. The summed E-state index contributed by atoms with van der Waals surface area (Å²) >= 11 is 1.38. The summed E-state index contributed by atoms with van der Waals surface area (Å²) in [7, 11) is 4.07. The highest BCUT2D eigenvalue weighted by Crippen LogP contribution is 2.31. The molecule has 0 aliphatic carbocycles. The molecule has 1 N–H and O–H groups in total. The van der Waals surface area contributed by atoms with Crippen LogP contribution >= 0.6 is 11.8 Å². The number of nitrogens with one attached hydrogen (secondary N) is 1.